The highest BCUT2D eigenvalue weighted by molar-refractivity contribution is 7.89. The molecule has 8 nitrogen and oxygen atoms in total. The second-order valence-corrected chi connectivity index (χ2v) is 8.30. The van der Waals surface area contributed by atoms with Gasteiger partial charge in [0.05, 0.1) is 16.4 Å². The Morgan fingerprint density at radius 1 is 1.11 bits per heavy atom. The molecular weight excluding hydrogens is 370 g/mol. The van der Waals surface area contributed by atoms with Gasteiger partial charge < -0.3 is 4.90 Å². The highest BCUT2D eigenvalue weighted by Crippen LogP contribution is 2.16. The van der Waals surface area contributed by atoms with Crippen molar-refractivity contribution in [2.75, 3.05) is 20.6 Å². The van der Waals surface area contributed by atoms with Crippen LogP contribution in [0.1, 0.15) is 11.1 Å². The molecule has 0 aliphatic rings. The Morgan fingerprint density at radius 2 is 1.74 bits per heavy atom. The maximum atomic E-state index is 12.6. The number of sulfonamides is 1. The number of carbonyl (C=O) groups is 1. The zero-order valence-electron chi connectivity index (χ0n) is 15.3. The number of nitrogens with zero attached hydrogens (tertiary/aromatic N) is 3. The number of non-ortho nitro benzene ring substituents is 1. The molecule has 0 heterocycles. The van der Waals surface area contributed by atoms with Crippen molar-refractivity contribution in [1.82, 2.24) is 9.21 Å². The number of nitro groups is 1. The van der Waals surface area contributed by atoms with Crippen molar-refractivity contribution in [1.29, 1.82) is 0 Å². The van der Waals surface area contributed by atoms with Crippen LogP contribution >= 0.6 is 0 Å². The average Bonchev–Trinajstić information content (AvgIpc) is 2.62. The third-order valence-corrected chi connectivity index (χ3v) is 5.87. The molecule has 0 N–H and O–H groups in total. The molecule has 2 aromatic carbocycles. The van der Waals surface area contributed by atoms with Gasteiger partial charge in [0.2, 0.25) is 15.9 Å². The van der Waals surface area contributed by atoms with E-state index in [9.17, 15) is 23.3 Å². The molecule has 0 radical (unpaired) electrons. The fourth-order valence-corrected chi connectivity index (χ4v) is 3.54. The number of benzene rings is 2. The van der Waals surface area contributed by atoms with Crippen molar-refractivity contribution in [2.45, 2.75) is 18.4 Å². The third-order valence-electron chi connectivity index (χ3n) is 4.05. The van der Waals surface area contributed by atoms with Crippen LogP contribution in [0.5, 0.6) is 0 Å². The number of likely N-dealkylation sites (N-methyl/N-ethyl adjacent to an activating group) is 2. The van der Waals surface area contributed by atoms with E-state index in [0.717, 1.165) is 9.87 Å². The molecule has 0 aromatic heterocycles. The van der Waals surface area contributed by atoms with Gasteiger partial charge >= 0.3 is 0 Å². The maximum absolute atomic E-state index is 12.6. The smallest absolute Gasteiger partial charge is 0.269 e. The first-order valence-electron chi connectivity index (χ1n) is 8.11. The second kappa shape index (κ2) is 8.28. The van der Waals surface area contributed by atoms with Gasteiger partial charge in [-0.3, -0.25) is 14.9 Å². The van der Waals surface area contributed by atoms with Crippen LogP contribution in [0.2, 0.25) is 0 Å². The lowest BCUT2D eigenvalue weighted by atomic mass is 10.2. The maximum Gasteiger partial charge on any atom is 0.269 e. The molecule has 0 unspecified atom stereocenters. The first-order chi connectivity index (χ1) is 12.6. The quantitative estimate of drug-likeness (QED) is 0.532. The fraction of sp³-hybridized carbons (Fsp3) is 0.278. The lowest BCUT2D eigenvalue weighted by Gasteiger charge is -2.22. The van der Waals surface area contributed by atoms with Crippen molar-refractivity contribution < 1.29 is 18.1 Å². The number of amides is 1. The van der Waals surface area contributed by atoms with E-state index in [2.05, 4.69) is 0 Å². The molecule has 144 valence electrons. The Kier molecular flexibility index (Phi) is 6.29. The van der Waals surface area contributed by atoms with Crippen molar-refractivity contribution in [3.8, 4) is 0 Å². The Labute approximate surface area is 158 Å². The second-order valence-electron chi connectivity index (χ2n) is 6.25. The van der Waals surface area contributed by atoms with Crippen LogP contribution < -0.4 is 0 Å². The molecule has 9 heteroatoms. The van der Waals surface area contributed by atoms with E-state index in [0.29, 0.717) is 5.56 Å². The van der Waals surface area contributed by atoms with Gasteiger partial charge in [0, 0.05) is 32.8 Å². The van der Waals surface area contributed by atoms with Crippen LogP contribution in [0.4, 0.5) is 5.69 Å². The summed E-state index contributed by atoms with van der Waals surface area (Å²) in [7, 11) is -0.916. The number of aryl methyl sites for hydroxylation is 1. The van der Waals surface area contributed by atoms with Gasteiger partial charge in [-0.25, -0.2) is 8.42 Å². The Balaban J connectivity index is 2.06. The summed E-state index contributed by atoms with van der Waals surface area (Å²) in [6.45, 7) is 1.66. The predicted molar refractivity (Wildman–Crippen MR) is 101 cm³/mol. The van der Waals surface area contributed by atoms with Gasteiger partial charge in [-0.1, -0.05) is 29.8 Å². The highest BCUT2D eigenvalue weighted by Gasteiger charge is 2.24. The number of hydrogen-bond acceptors (Lipinski definition) is 5. The van der Waals surface area contributed by atoms with Crippen LogP contribution in [0, 0.1) is 17.0 Å². The average molecular weight is 391 g/mol. The monoisotopic (exact) mass is 391 g/mol. The molecule has 0 atom stereocenters. The van der Waals surface area contributed by atoms with E-state index in [1.807, 2.05) is 6.92 Å². The molecule has 2 aromatic rings. The number of nitro benzene ring substituents is 1. The number of carbonyl (C=O) groups excluding carboxylic acids is 1. The van der Waals surface area contributed by atoms with E-state index in [-0.39, 0.29) is 23.7 Å². The Hall–Kier alpha value is -2.78. The molecule has 2 rings (SSSR count). The van der Waals surface area contributed by atoms with E-state index < -0.39 is 20.9 Å². The molecule has 0 spiro atoms. The standard InChI is InChI=1S/C18H21N3O5S/c1-14-7-9-17(10-8-14)27(25,26)20(3)13-18(22)19(2)12-15-5-4-6-16(11-15)21(23)24/h4-11H,12-13H2,1-3H3. The molecule has 0 aliphatic carbocycles. The SMILES string of the molecule is Cc1ccc(S(=O)(=O)N(C)CC(=O)N(C)Cc2cccc([N+](=O)[O-])c2)cc1. The van der Waals surface area contributed by atoms with Gasteiger partial charge in [0.15, 0.2) is 0 Å². The molecule has 0 saturated heterocycles. The molecule has 0 saturated carbocycles. The fourth-order valence-electron chi connectivity index (χ4n) is 2.42. The van der Waals surface area contributed by atoms with Crippen LogP contribution in [0.15, 0.2) is 53.4 Å². The van der Waals surface area contributed by atoms with Crippen LogP contribution in [-0.2, 0) is 21.4 Å². The third kappa shape index (κ3) is 5.11. The van der Waals surface area contributed by atoms with E-state index in [1.165, 1.54) is 43.3 Å². The molecule has 1 amide bonds. The van der Waals surface area contributed by atoms with Crippen molar-refractivity contribution in [3.05, 3.63) is 69.8 Å². The van der Waals surface area contributed by atoms with E-state index >= 15 is 0 Å². The molecule has 0 aliphatic heterocycles. The van der Waals surface area contributed by atoms with Crippen molar-refractivity contribution in [2.24, 2.45) is 0 Å². The minimum Gasteiger partial charge on any atom is -0.340 e. The summed E-state index contributed by atoms with van der Waals surface area (Å²) in [4.78, 5) is 24.2. The Bertz CT molecular complexity index is 942. The number of rotatable bonds is 7. The van der Waals surface area contributed by atoms with Gasteiger partial charge in [-0.05, 0) is 24.6 Å². The summed E-state index contributed by atoms with van der Waals surface area (Å²) >= 11 is 0. The van der Waals surface area contributed by atoms with Crippen LogP contribution in [-0.4, -0.2) is 49.1 Å². The first kappa shape index (κ1) is 20.5. The Morgan fingerprint density at radius 3 is 2.33 bits per heavy atom. The van der Waals surface area contributed by atoms with Crippen LogP contribution in [0.3, 0.4) is 0 Å². The van der Waals surface area contributed by atoms with Gasteiger partial charge in [-0.15, -0.1) is 0 Å². The predicted octanol–water partition coefficient (Wildman–Crippen LogP) is 2.18. The zero-order chi connectivity index (χ0) is 20.2. The largest absolute Gasteiger partial charge is 0.340 e. The molecule has 0 fully saturated rings. The van der Waals surface area contributed by atoms with Crippen molar-refractivity contribution >= 4 is 21.6 Å². The minimum atomic E-state index is -3.78. The molecule has 0 bridgehead atoms. The summed E-state index contributed by atoms with van der Waals surface area (Å²) in [6.07, 6.45) is 0. The zero-order valence-corrected chi connectivity index (χ0v) is 16.1. The lowest BCUT2D eigenvalue weighted by molar-refractivity contribution is -0.384. The first-order valence-corrected chi connectivity index (χ1v) is 9.55. The van der Waals surface area contributed by atoms with Crippen molar-refractivity contribution in [3.63, 3.8) is 0 Å². The molecule has 27 heavy (non-hydrogen) atoms. The topological polar surface area (TPSA) is 101 Å². The number of hydrogen-bond donors (Lipinski definition) is 0. The summed E-state index contributed by atoms with van der Waals surface area (Å²) in [6, 6.07) is 12.3. The van der Waals surface area contributed by atoms with Gasteiger partial charge in [0.25, 0.3) is 5.69 Å². The van der Waals surface area contributed by atoms with Gasteiger partial charge in [-0.2, -0.15) is 4.31 Å². The lowest BCUT2D eigenvalue weighted by Crippen LogP contribution is -2.39. The summed E-state index contributed by atoms with van der Waals surface area (Å²) in [5, 5.41) is 10.8. The van der Waals surface area contributed by atoms with Crippen LogP contribution in [0.25, 0.3) is 0 Å². The highest BCUT2D eigenvalue weighted by atomic mass is 32.2. The summed E-state index contributed by atoms with van der Waals surface area (Å²) in [5.41, 5.74) is 1.46. The normalized spacial score (nSPS) is 11.4. The summed E-state index contributed by atoms with van der Waals surface area (Å²) < 4.78 is 26.1. The van der Waals surface area contributed by atoms with Gasteiger partial charge in [0.1, 0.15) is 0 Å². The van der Waals surface area contributed by atoms with E-state index in [4.69, 9.17) is 0 Å². The molecular formula is C18H21N3O5S. The minimum absolute atomic E-state index is 0.0626. The van der Waals surface area contributed by atoms with E-state index in [1.54, 1.807) is 24.3 Å². The summed E-state index contributed by atoms with van der Waals surface area (Å²) in [5.74, 6) is -0.417.